The van der Waals surface area contributed by atoms with E-state index in [0.29, 0.717) is 0 Å². The Morgan fingerprint density at radius 1 is 1.06 bits per heavy atom. The molecular weight excluding hydrogens is 214 g/mol. The largest absolute Gasteiger partial charge is 0.299 e. The number of likely N-dealkylation sites (tertiary alicyclic amines) is 1. The van der Waals surface area contributed by atoms with E-state index in [9.17, 15) is 0 Å². The summed E-state index contributed by atoms with van der Waals surface area (Å²) in [4.78, 5) is 2.57. The highest BCUT2D eigenvalue weighted by Gasteiger charge is 2.35. The molecule has 0 radical (unpaired) electrons. The molecule has 2 aliphatic rings. The van der Waals surface area contributed by atoms with Crippen LogP contribution in [0.5, 0.6) is 0 Å². The van der Waals surface area contributed by atoms with E-state index in [-0.39, 0.29) is 0 Å². The van der Waals surface area contributed by atoms with Gasteiger partial charge in [-0.3, -0.25) is 4.90 Å². The first-order chi connectivity index (χ1) is 7.74. The normalized spacial score (nSPS) is 25.8. The molecule has 1 saturated carbocycles. The smallest absolute Gasteiger partial charge is 0.0198 e. The number of nitrogens with zero attached hydrogens (tertiary/aromatic N) is 1. The first-order valence-corrected chi connectivity index (χ1v) is 7.37. The van der Waals surface area contributed by atoms with Crippen molar-refractivity contribution in [1.29, 1.82) is 0 Å². The van der Waals surface area contributed by atoms with Gasteiger partial charge in [0.25, 0.3) is 0 Å². The Labute approximate surface area is 106 Å². The summed E-state index contributed by atoms with van der Waals surface area (Å²) in [5.74, 6) is 0.835. The zero-order chi connectivity index (χ0) is 11.4. The number of hydrogen-bond donors (Lipinski definition) is 1. The van der Waals surface area contributed by atoms with Gasteiger partial charge in [0.15, 0.2) is 0 Å². The second-order valence-electron chi connectivity index (χ2n) is 5.74. The molecule has 0 bridgehead atoms. The van der Waals surface area contributed by atoms with Gasteiger partial charge >= 0.3 is 0 Å². The minimum absolute atomic E-state index is 0.733. The highest BCUT2D eigenvalue weighted by Crippen LogP contribution is 2.44. The van der Waals surface area contributed by atoms with Crippen LogP contribution in [0.15, 0.2) is 12.2 Å². The van der Waals surface area contributed by atoms with Crippen molar-refractivity contribution >= 4 is 12.6 Å². The zero-order valence-electron chi connectivity index (χ0n) is 10.4. The molecule has 92 valence electrons. The maximum absolute atomic E-state index is 4.28. The number of piperidine rings is 1. The third-order valence-electron chi connectivity index (χ3n) is 4.50. The summed E-state index contributed by atoms with van der Waals surface area (Å²) in [7, 11) is 0. The highest BCUT2D eigenvalue weighted by molar-refractivity contribution is 7.80. The lowest BCUT2D eigenvalue weighted by atomic mass is 9.68. The molecule has 0 atom stereocenters. The van der Waals surface area contributed by atoms with Crippen LogP contribution >= 0.6 is 12.6 Å². The van der Waals surface area contributed by atoms with Gasteiger partial charge in [-0.2, -0.15) is 12.6 Å². The Balaban J connectivity index is 1.79. The fourth-order valence-electron chi connectivity index (χ4n) is 3.35. The fraction of sp³-hybridized carbons (Fsp3) is 0.857. The lowest BCUT2D eigenvalue weighted by Crippen LogP contribution is -2.41. The summed E-state index contributed by atoms with van der Waals surface area (Å²) in [6.07, 6.45) is 10.3. The molecule has 1 saturated heterocycles. The Kier molecular flexibility index (Phi) is 4.37. The maximum Gasteiger partial charge on any atom is 0.0198 e. The molecule has 2 fully saturated rings. The van der Waals surface area contributed by atoms with Crippen molar-refractivity contribution in [2.75, 3.05) is 25.4 Å². The van der Waals surface area contributed by atoms with Crippen LogP contribution in [-0.2, 0) is 0 Å². The van der Waals surface area contributed by atoms with E-state index in [2.05, 4.69) is 24.1 Å². The van der Waals surface area contributed by atoms with E-state index in [1.165, 1.54) is 63.6 Å². The van der Waals surface area contributed by atoms with Crippen molar-refractivity contribution in [3.8, 4) is 0 Å². The SMILES string of the molecule is C=C(CS)CN1CCC2(CCCCC2)CC1. The number of hydrogen-bond acceptors (Lipinski definition) is 2. The standard InChI is InChI=1S/C14H25NS/c1-13(12-16)11-15-9-7-14(8-10-15)5-3-2-4-6-14/h16H,1-12H2. The van der Waals surface area contributed by atoms with Crippen LogP contribution in [-0.4, -0.2) is 30.3 Å². The topological polar surface area (TPSA) is 3.24 Å². The van der Waals surface area contributed by atoms with Crippen LogP contribution < -0.4 is 0 Å². The predicted molar refractivity (Wildman–Crippen MR) is 74.2 cm³/mol. The predicted octanol–water partition coefficient (Wildman–Crippen LogP) is 3.52. The summed E-state index contributed by atoms with van der Waals surface area (Å²) in [6.45, 7) is 7.69. The molecule has 0 N–H and O–H groups in total. The number of rotatable bonds is 3. The molecule has 1 spiro atoms. The third-order valence-corrected chi connectivity index (χ3v) is 4.95. The Morgan fingerprint density at radius 2 is 1.69 bits per heavy atom. The first kappa shape index (κ1) is 12.5. The van der Waals surface area contributed by atoms with Gasteiger partial charge in [0, 0.05) is 12.3 Å². The molecular formula is C14H25NS. The minimum Gasteiger partial charge on any atom is -0.299 e. The quantitative estimate of drug-likeness (QED) is 0.582. The third kappa shape index (κ3) is 3.04. The summed E-state index contributed by atoms with van der Waals surface area (Å²) in [5.41, 5.74) is 2.00. The molecule has 0 aromatic carbocycles. The first-order valence-electron chi connectivity index (χ1n) is 6.74. The molecule has 0 unspecified atom stereocenters. The Bertz CT molecular complexity index is 233. The van der Waals surface area contributed by atoms with E-state index < -0.39 is 0 Å². The van der Waals surface area contributed by atoms with Crippen LogP contribution in [0.1, 0.15) is 44.9 Å². The maximum atomic E-state index is 4.28. The zero-order valence-corrected chi connectivity index (χ0v) is 11.3. The molecule has 2 rings (SSSR count). The lowest BCUT2D eigenvalue weighted by Gasteiger charge is -2.44. The molecule has 0 aromatic heterocycles. The molecule has 1 aliphatic carbocycles. The van der Waals surface area contributed by atoms with Gasteiger partial charge in [-0.15, -0.1) is 0 Å². The fourth-order valence-corrected chi connectivity index (χ4v) is 3.45. The van der Waals surface area contributed by atoms with Crippen LogP contribution in [0.4, 0.5) is 0 Å². The van der Waals surface area contributed by atoms with Gasteiger partial charge in [0.05, 0.1) is 0 Å². The van der Waals surface area contributed by atoms with Crippen molar-refractivity contribution in [2.24, 2.45) is 5.41 Å². The highest BCUT2D eigenvalue weighted by atomic mass is 32.1. The van der Waals surface area contributed by atoms with Crippen molar-refractivity contribution in [3.05, 3.63) is 12.2 Å². The van der Waals surface area contributed by atoms with E-state index in [0.717, 1.165) is 17.7 Å². The van der Waals surface area contributed by atoms with Crippen molar-refractivity contribution in [3.63, 3.8) is 0 Å². The molecule has 16 heavy (non-hydrogen) atoms. The molecule has 0 aromatic rings. The molecule has 1 heterocycles. The second kappa shape index (κ2) is 5.59. The molecule has 1 aliphatic heterocycles. The monoisotopic (exact) mass is 239 g/mol. The van der Waals surface area contributed by atoms with E-state index in [4.69, 9.17) is 0 Å². The van der Waals surface area contributed by atoms with Crippen LogP contribution in [0.2, 0.25) is 0 Å². The van der Waals surface area contributed by atoms with Crippen molar-refractivity contribution in [1.82, 2.24) is 4.90 Å². The second-order valence-corrected chi connectivity index (χ2v) is 6.06. The average molecular weight is 239 g/mol. The van der Waals surface area contributed by atoms with E-state index in [1.807, 2.05) is 0 Å². The van der Waals surface area contributed by atoms with E-state index >= 15 is 0 Å². The molecule has 0 amide bonds. The summed E-state index contributed by atoms with van der Waals surface area (Å²) in [5, 5.41) is 0. The van der Waals surface area contributed by atoms with Gasteiger partial charge in [-0.05, 0) is 44.2 Å². The summed E-state index contributed by atoms with van der Waals surface area (Å²) < 4.78 is 0. The van der Waals surface area contributed by atoms with Gasteiger partial charge in [-0.25, -0.2) is 0 Å². The minimum atomic E-state index is 0.733. The average Bonchev–Trinajstić information content (AvgIpc) is 2.33. The Morgan fingerprint density at radius 3 is 2.25 bits per heavy atom. The molecule has 1 nitrogen and oxygen atoms in total. The van der Waals surface area contributed by atoms with Gasteiger partial charge in [0.2, 0.25) is 0 Å². The van der Waals surface area contributed by atoms with Crippen molar-refractivity contribution in [2.45, 2.75) is 44.9 Å². The van der Waals surface area contributed by atoms with Gasteiger partial charge < -0.3 is 0 Å². The number of thiol groups is 1. The Hall–Kier alpha value is 0.0500. The summed E-state index contributed by atoms with van der Waals surface area (Å²) >= 11 is 4.28. The van der Waals surface area contributed by atoms with E-state index in [1.54, 1.807) is 0 Å². The summed E-state index contributed by atoms with van der Waals surface area (Å²) in [6, 6.07) is 0. The van der Waals surface area contributed by atoms with Crippen LogP contribution in [0.25, 0.3) is 0 Å². The van der Waals surface area contributed by atoms with Gasteiger partial charge in [0.1, 0.15) is 0 Å². The lowest BCUT2D eigenvalue weighted by molar-refractivity contribution is 0.0726. The molecule has 2 heteroatoms. The van der Waals surface area contributed by atoms with Crippen LogP contribution in [0, 0.1) is 5.41 Å². The van der Waals surface area contributed by atoms with Crippen LogP contribution in [0.3, 0.4) is 0 Å². The van der Waals surface area contributed by atoms with Crippen molar-refractivity contribution < 1.29 is 0 Å². The van der Waals surface area contributed by atoms with Gasteiger partial charge in [-0.1, -0.05) is 31.4 Å².